The van der Waals surface area contributed by atoms with Gasteiger partial charge in [0.25, 0.3) is 0 Å². The van der Waals surface area contributed by atoms with Crippen molar-refractivity contribution in [3.63, 3.8) is 0 Å². The van der Waals surface area contributed by atoms with Crippen LogP contribution in [0.5, 0.6) is 0 Å². The van der Waals surface area contributed by atoms with E-state index >= 15 is 0 Å². The van der Waals surface area contributed by atoms with Crippen LogP contribution in [0.4, 0.5) is 0 Å². The number of carbonyl (C=O) groups is 1. The predicted octanol–water partition coefficient (Wildman–Crippen LogP) is 4.51. The molecule has 3 heteroatoms. The summed E-state index contributed by atoms with van der Waals surface area (Å²) in [6.07, 6.45) is 4.35. The largest absolute Gasteiger partial charge is 0.481 e. The number of carboxylic acid groups (broad SMARTS) is 1. The summed E-state index contributed by atoms with van der Waals surface area (Å²) < 4.78 is 0. The molecule has 0 aliphatic carbocycles. The predicted molar refractivity (Wildman–Crippen MR) is 77.2 cm³/mol. The minimum atomic E-state index is -0.689. The quantitative estimate of drug-likeness (QED) is 0.703. The summed E-state index contributed by atoms with van der Waals surface area (Å²) in [5.74, 6) is -0.689. The molecule has 0 aromatic heterocycles. The lowest BCUT2D eigenvalue weighted by molar-refractivity contribution is -0.137. The van der Waals surface area contributed by atoms with E-state index in [-0.39, 0.29) is 6.42 Å². The Bertz CT molecular complexity index is 377. The summed E-state index contributed by atoms with van der Waals surface area (Å²) in [5.41, 5.74) is 1.31. The highest BCUT2D eigenvalue weighted by Crippen LogP contribution is 2.31. The van der Waals surface area contributed by atoms with Crippen molar-refractivity contribution in [1.29, 1.82) is 0 Å². The van der Waals surface area contributed by atoms with Crippen LogP contribution in [0.15, 0.2) is 29.2 Å². The molecule has 1 N–H and O–H groups in total. The van der Waals surface area contributed by atoms with E-state index in [1.54, 1.807) is 0 Å². The Labute approximate surface area is 114 Å². The molecule has 0 aliphatic rings. The Kier molecular flexibility index (Phi) is 6.88. The van der Waals surface area contributed by atoms with Gasteiger partial charge in [-0.15, -0.1) is 11.8 Å². The second-order valence-electron chi connectivity index (χ2n) is 4.58. The fourth-order valence-corrected chi connectivity index (χ4v) is 3.34. The summed E-state index contributed by atoms with van der Waals surface area (Å²) in [7, 11) is 0. The van der Waals surface area contributed by atoms with E-state index in [1.165, 1.54) is 10.5 Å². The average molecular weight is 266 g/mol. The molecule has 0 amide bonds. The van der Waals surface area contributed by atoms with E-state index in [4.69, 9.17) is 5.11 Å². The van der Waals surface area contributed by atoms with E-state index in [9.17, 15) is 4.79 Å². The third kappa shape index (κ3) is 5.58. The smallest absolute Gasteiger partial charge is 0.303 e. The number of thioether (sulfide) groups is 1. The summed E-state index contributed by atoms with van der Waals surface area (Å²) >= 11 is 1.90. The SMILES string of the molecule is CCCC(CCCC(=O)O)Sc1ccccc1C. The minimum absolute atomic E-state index is 0.286. The van der Waals surface area contributed by atoms with Gasteiger partial charge in [-0.25, -0.2) is 0 Å². The molecule has 1 aromatic rings. The Morgan fingerprint density at radius 2 is 2.06 bits per heavy atom. The second kappa shape index (κ2) is 8.20. The third-order valence-corrected chi connectivity index (χ3v) is 4.43. The molecular weight excluding hydrogens is 244 g/mol. The highest BCUT2D eigenvalue weighted by atomic mass is 32.2. The van der Waals surface area contributed by atoms with Gasteiger partial charge in [0.1, 0.15) is 0 Å². The van der Waals surface area contributed by atoms with Crippen LogP contribution >= 0.6 is 11.8 Å². The molecule has 18 heavy (non-hydrogen) atoms. The van der Waals surface area contributed by atoms with E-state index in [2.05, 4.69) is 38.1 Å². The van der Waals surface area contributed by atoms with Crippen molar-refractivity contribution in [3.05, 3.63) is 29.8 Å². The van der Waals surface area contributed by atoms with Gasteiger partial charge in [-0.05, 0) is 37.8 Å². The zero-order chi connectivity index (χ0) is 13.4. The van der Waals surface area contributed by atoms with Crippen molar-refractivity contribution in [3.8, 4) is 0 Å². The fraction of sp³-hybridized carbons (Fsp3) is 0.533. The molecule has 100 valence electrons. The first-order chi connectivity index (χ1) is 8.63. The maximum absolute atomic E-state index is 10.5. The van der Waals surface area contributed by atoms with Gasteiger partial charge < -0.3 is 5.11 Å². The van der Waals surface area contributed by atoms with Gasteiger partial charge in [-0.1, -0.05) is 31.5 Å². The molecule has 0 saturated heterocycles. The zero-order valence-electron chi connectivity index (χ0n) is 11.2. The third-order valence-electron chi connectivity index (χ3n) is 2.91. The van der Waals surface area contributed by atoms with Crippen LogP contribution in [-0.4, -0.2) is 16.3 Å². The monoisotopic (exact) mass is 266 g/mol. The molecule has 0 bridgehead atoms. The topological polar surface area (TPSA) is 37.3 Å². The first-order valence-corrected chi connectivity index (χ1v) is 7.45. The van der Waals surface area contributed by atoms with Crippen molar-refractivity contribution in [2.45, 2.75) is 56.1 Å². The summed E-state index contributed by atoms with van der Waals surface area (Å²) in [6.45, 7) is 4.31. The van der Waals surface area contributed by atoms with E-state index in [0.717, 1.165) is 25.7 Å². The first-order valence-electron chi connectivity index (χ1n) is 6.57. The molecule has 0 spiro atoms. The number of aryl methyl sites for hydroxylation is 1. The van der Waals surface area contributed by atoms with Gasteiger partial charge in [0.2, 0.25) is 0 Å². The lowest BCUT2D eigenvalue weighted by atomic mass is 10.1. The van der Waals surface area contributed by atoms with E-state index < -0.39 is 5.97 Å². The molecule has 0 fully saturated rings. The molecular formula is C15H22O2S. The van der Waals surface area contributed by atoms with Crippen LogP contribution in [-0.2, 0) is 4.79 Å². The number of benzene rings is 1. The number of hydrogen-bond acceptors (Lipinski definition) is 2. The van der Waals surface area contributed by atoms with E-state index in [0.29, 0.717) is 5.25 Å². The number of carboxylic acids is 1. The van der Waals surface area contributed by atoms with E-state index in [1.807, 2.05) is 11.8 Å². The highest BCUT2D eigenvalue weighted by Gasteiger charge is 2.11. The maximum Gasteiger partial charge on any atom is 0.303 e. The van der Waals surface area contributed by atoms with Gasteiger partial charge in [0.05, 0.1) is 0 Å². The van der Waals surface area contributed by atoms with Gasteiger partial charge in [0.15, 0.2) is 0 Å². The van der Waals surface area contributed by atoms with Crippen LogP contribution in [0.2, 0.25) is 0 Å². The molecule has 1 unspecified atom stereocenters. The molecule has 1 atom stereocenters. The van der Waals surface area contributed by atoms with Crippen molar-refractivity contribution < 1.29 is 9.90 Å². The molecule has 0 aliphatic heterocycles. The number of rotatable bonds is 8. The van der Waals surface area contributed by atoms with Crippen LogP contribution in [0, 0.1) is 6.92 Å². The van der Waals surface area contributed by atoms with Crippen LogP contribution in [0.3, 0.4) is 0 Å². The summed E-state index contributed by atoms with van der Waals surface area (Å²) in [5, 5.41) is 9.22. The van der Waals surface area contributed by atoms with Crippen molar-refractivity contribution in [2.24, 2.45) is 0 Å². The van der Waals surface area contributed by atoms with Crippen LogP contribution in [0.1, 0.15) is 44.6 Å². The molecule has 0 heterocycles. The Hall–Kier alpha value is -0.960. The normalized spacial score (nSPS) is 12.3. The fourth-order valence-electron chi connectivity index (χ4n) is 1.93. The lowest BCUT2D eigenvalue weighted by Gasteiger charge is -2.16. The van der Waals surface area contributed by atoms with Gasteiger partial charge in [-0.2, -0.15) is 0 Å². The van der Waals surface area contributed by atoms with Crippen molar-refractivity contribution in [1.82, 2.24) is 0 Å². The molecule has 1 aromatic carbocycles. The minimum Gasteiger partial charge on any atom is -0.481 e. The Morgan fingerprint density at radius 3 is 2.67 bits per heavy atom. The first kappa shape index (κ1) is 15.1. The van der Waals surface area contributed by atoms with Gasteiger partial charge >= 0.3 is 5.97 Å². The van der Waals surface area contributed by atoms with Crippen molar-refractivity contribution in [2.75, 3.05) is 0 Å². The lowest BCUT2D eigenvalue weighted by Crippen LogP contribution is -2.04. The number of hydrogen-bond donors (Lipinski definition) is 1. The van der Waals surface area contributed by atoms with Crippen LogP contribution < -0.4 is 0 Å². The average Bonchev–Trinajstić information content (AvgIpc) is 2.32. The summed E-state index contributed by atoms with van der Waals surface area (Å²) in [4.78, 5) is 11.9. The second-order valence-corrected chi connectivity index (χ2v) is 5.92. The summed E-state index contributed by atoms with van der Waals surface area (Å²) in [6, 6.07) is 8.40. The highest BCUT2D eigenvalue weighted by molar-refractivity contribution is 8.00. The zero-order valence-corrected chi connectivity index (χ0v) is 12.0. The number of aliphatic carboxylic acids is 1. The van der Waals surface area contributed by atoms with Gasteiger partial charge in [0, 0.05) is 16.6 Å². The van der Waals surface area contributed by atoms with Crippen molar-refractivity contribution >= 4 is 17.7 Å². The molecule has 2 nitrogen and oxygen atoms in total. The van der Waals surface area contributed by atoms with Gasteiger partial charge in [-0.3, -0.25) is 4.79 Å². The Morgan fingerprint density at radius 1 is 1.33 bits per heavy atom. The van der Waals surface area contributed by atoms with Crippen LogP contribution in [0.25, 0.3) is 0 Å². The standard InChI is InChI=1S/C15H22O2S/c1-3-7-13(9-6-11-15(16)17)18-14-10-5-4-8-12(14)2/h4-5,8,10,13H,3,6-7,9,11H2,1-2H3,(H,16,17). The molecule has 1 rings (SSSR count). The molecule has 0 radical (unpaired) electrons. The maximum atomic E-state index is 10.5. The molecule has 0 saturated carbocycles. The Balaban J connectivity index is 2.51.